The molecular weight excluding hydrogens is 184 g/mol. The van der Waals surface area contributed by atoms with Gasteiger partial charge in [0.25, 0.3) is 0 Å². The molecule has 1 fully saturated rings. The van der Waals surface area contributed by atoms with Gasteiger partial charge >= 0.3 is 0 Å². The molecule has 1 aliphatic rings. The molecule has 2 nitrogen and oxygen atoms in total. The number of nitrogens with zero attached hydrogens (tertiary/aromatic N) is 2. The van der Waals surface area contributed by atoms with Crippen LogP contribution >= 0.6 is 0 Å². The van der Waals surface area contributed by atoms with E-state index in [-0.39, 0.29) is 0 Å². The van der Waals surface area contributed by atoms with Gasteiger partial charge in [0.1, 0.15) is 0 Å². The molecule has 0 N–H and O–H groups in total. The van der Waals surface area contributed by atoms with E-state index >= 15 is 0 Å². The highest BCUT2D eigenvalue weighted by atomic mass is 15.1. The minimum Gasteiger partial charge on any atom is -0.290 e. The summed E-state index contributed by atoms with van der Waals surface area (Å²) in [6.45, 7) is 4.84. The molecule has 15 heavy (non-hydrogen) atoms. The topological polar surface area (TPSA) is 27.0 Å². The third-order valence-electron chi connectivity index (χ3n) is 3.19. The Morgan fingerprint density at radius 1 is 1.47 bits per heavy atom. The van der Waals surface area contributed by atoms with Crippen LogP contribution in [0.5, 0.6) is 0 Å². The average Bonchev–Trinajstić information content (AvgIpc) is 2.68. The molecule has 1 atom stereocenters. The first kappa shape index (κ1) is 10.2. The Morgan fingerprint density at radius 3 is 3.00 bits per heavy atom. The summed E-state index contributed by atoms with van der Waals surface area (Å²) in [5.41, 5.74) is 2.83. The minimum absolute atomic E-state index is 0.572. The van der Waals surface area contributed by atoms with Crippen LogP contribution < -0.4 is 0 Å². The third kappa shape index (κ3) is 2.19. The molecule has 0 aromatic heterocycles. The Kier molecular flexibility index (Phi) is 3.03. The molecule has 1 aromatic carbocycles. The fourth-order valence-corrected chi connectivity index (χ4v) is 2.37. The quantitative estimate of drug-likeness (QED) is 0.685. The second kappa shape index (κ2) is 4.46. The fraction of sp³-hybridized carbons (Fsp3) is 0.462. The van der Waals surface area contributed by atoms with Crippen LogP contribution in [0.2, 0.25) is 0 Å². The van der Waals surface area contributed by atoms with Gasteiger partial charge in [-0.3, -0.25) is 4.90 Å². The molecule has 0 saturated carbocycles. The van der Waals surface area contributed by atoms with Crippen molar-refractivity contribution in [2.45, 2.75) is 19.3 Å². The lowest BCUT2D eigenvalue weighted by molar-refractivity contribution is 0.376. The van der Waals surface area contributed by atoms with Gasteiger partial charge in [0.15, 0.2) is 0 Å². The molecule has 0 unspecified atom stereocenters. The number of rotatable bonds is 2. The standard InChI is InChI=1S/C13H16N2/c1-11-4-2-3-5-13(11)12-6-8-15(10-12)9-7-14/h2-5,12H,6,8-10H2,1H3/t12-/m1/s1. The van der Waals surface area contributed by atoms with E-state index in [9.17, 15) is 0 Å². The molecule has 0 spiro atoms. The summed E-state index contributed by atoms with van der Waals surface area (Å²) in [6, 6.07) is 10.8. The van der Waals surface area contributed by atoms with Crippen LogP contribution in [-0.2, 0) is 0 Å². The van der Waals surface area contributed by atoms with Crippen LogP contribution in [0.1, 0.15) is 23.5 Å². The monoisotopic (exact) mass is 200 g/mol. The van der Waals surface area contributed by atoms with E-state index in [1.807, 2.05) is 0 Å². The largest absolute Gasteiger partial charge is 0.290 e. The molecule has 1 aromatic rings. The maximum Gasteiger partial charge on any atom is 0.0866 e. The fourth-order valence-electron chi connectivity index (χ4n) is 2.37. The maximum atomic E-state index is 8.65. The number of nitriles is 1. The van der Waals surface area contributed by atoms with Gasteiger partial charge < -0.3 is 0 Å². The summed E-state index contributed by atoms with van der Waals surface area (Å²) >= 11 is 0. The Morgan fingerprint density at radius 2 is 2.27 bits per heavy atom. The molecule has 2 rings (SSSR count). The maximum absolute atomic E-state index is 8.65. The Labute approximate surface area is 91.1 Å². The van der Waals surface area contributed by atoms with Crippen molar-refractivity contribution in [1.82, 2.24) is 4.90 Å². The Bertz CT molecular complexity index is 378. The highest BCUT2D eigenvalue weighted by Gasteiger charge is 2.24. The Hall–Kier alpha value is -1.33. The van der Waals surface area contributed by atoms with Gasteiger partial charge in [0.2, 0.25) is 0 Å². The number of hydrogen-bond donors (Lipinski definition) is 0. The van der Waals surface area contributed by atoms with Crippen molar-refractivity contribution in [2.24, 2.45) is 0 Å². The lowest BCUT2D eigenvalue weighted by Gasteiger charge is -2.14. The van der Waals surface area contributed by atoms with Crippen molar-refractivity contribution in [3.63, 3.8) is 0 Å². The average molecular weight is 200 g/mol. The molecule has 0 radical (unpaired) electrons. The zero-order chi connectivity index (χ0) is 10.7. The van der Waals surface area contributed by atoms with E-state index < -0.39 is 0 Å². The summed E-state index contributed by atoms with van der Waals surface area (Å²) in [5, 5.41) is 8.65. The SMILES string of the molecule is Cc1ccccc1[C@@H]1CCN(CC#N)C1. The molecule has 1 aliphatic heterocycles. The smallest absolute Gasteiger partial charge is 0.0866 e. The van der Waals surface area contributed by atoms with E-state index in [0.717, 1.165) is 13.1 Å². The summed E-state index contributed by atoms with van der Waals surface area (Å²) in [4.78, 5) is 2.23. The van der Waals surface area contributed by atoms with Gasteiger partial charge in [-0.25, -0.2) is 0 Å². The number of hydrogen-bond acceptors (Lipinski definition) is 2. The zero-order valence-corrected chi connectivity index (χ0v) is 9.11. The van der Waals surface area contributed by atoms with Crippen molar-refractivity contribution in [2.75, 3.05) is 19.6 Å². The van der Waals surface area contributed by atoms with Crippen LogP contribution in [0, 0.1) is 18.3 Å². The first-order valence-corrected chi connectivity index (χ1v) is 5.46. The van der Waals surface area contributed by atoms with Crippen molar-refractivity contribution in [3.8, 4) is 6.07 Å². The number of likely N-dealkylation sites (tertiary alicyclic amines) is 1. The van der Waals surface area contributed by atoms with Crippen LogP contribution in [0.3, 0.4) is 0 Å². The van der Waals surface area contributed by atoms with Crippen molar-refractivity contribution < 1.29 is 0 Å². The van der Waals surface area contributed by atoms with Gasteiger partial charge in [-0.05, 0) is 36.9 Å². The second-order valence-corrected chi connectivity index (χ2v) is 4.24. The molecule has 0 aliphatic carbocycles. The van der Waals surface area contributed by atoms with E-state index in [1.54, 1.807) is 0 Å². The Balaban J connectivity index is 2.08. The van der Waals surface area contributed by atoms with Crippen LogP contribution in [-0.4, -0.2) is 24.5 Å². The minimum atomic E-state index is 0.572. The van der Waals surface area contributed by atoms with Gasteiger partial charge in [0.05, 0.1) is 12.6 Å². The predicted molar refractivity (Wildman–Crippen MR) is 60.6 cm³/mol. The number of aryl methyl sites for hydroxylation is 1. The van der Waals surface area contributed by atoms with E-state index in [2.05, 4.69) is 42.2 Å². The molecule has 78 valence electrons. The normalized spacial score (nSPS) is 21.5. The summed E-state index contributed by atoms with van der Waals surface area (Å²) in [6.07, 6.45) is 1.19. The molecule has 0 bridgehead atoms. The van der Waals surface area contributed by atoms with Crippen LogP contribution in [0.25, 0.3) is 0 Å². The van der Waals surface area contributed by atoms with Crippen LogP contribution in [0.4, 0.5) is 0 Å². The lowest BCUT2D eigenvalue weighted by atomic mass is 9.94. The molecule has 1 saturated heterocycles. The second-order valence-electron chi connectivity index (χ2n) is 4.24. The first-order valence-electron chi connectivity index (χ1n) is 5.46. The molecule has 2 heteroatoms. The first-order chi connectivity index (χ1) is 7.31. The third-order valence-corrected chi connectivity index (χ3v) is 3.19. The molecular formula is C13H16N2. The van der Waals surface area contributed by atoms with Gasteiger partial charge in [-0.2, -0.15) is 5.26 Å². The molecule has 1 heterocycles. The lowest BCUT2D eigenvalue weighted by Crippen LogP contribution is -2.20. The summed E-state index contributed by atoms with van der Waals surface area (Å²) < 4.78 is 0. The van der Waals surface area contributed by atoms with E-state index in [4.69, 9.17) is 5.26 Å². The molecule has 0 amide bonds. The van der Waals surface area contributed by atoms with Crippen molar-refractivity contribution in [1.29, 1.82) is 5.26 Å². The highest BCUT2D eigenvalue weighted by Crippen LogP contribution is 2.28. The van der Waals surface area contributed by atoms with Gasteiger partial charge in [-0.15, -0.1) is 0 Å². The van der Waals surface area contributed by atoms with Crippen LogP contribution in [0.15, 0.2) is 24.3 Å². The summed E-state index contributed by atoms with van der Waals surface area (Å²) in [7, 11) is 0. The summed E-state index contributed by atoms with van der Waals surface area (Å²) in [5.74, 6) is 0.625. The van der Waals surface area contributed by atoms with Crippen molar-refractivity contribution >= 4 is 0 Å². The zero-order valence-electron chi connectivity index (χ0n) is 9.11. The van der Waals surface area contributed by atoms with Crippen molar-refractivity contribution in [3.05, 3.63) is 35.4 Å². The van der Waals surface area contributed by atoms with E-state index in [0.29, 0.717) is 12.5 Å². The van der Waals surface area contributed by atoms with E-state index in [1.165, 1.54) is 17.5 Å². The van der Waals surface area contributed by atoms with Gasteiger partial charge in [-0.1, -0.05) is 24.3 Å². The predicted octanol–water partition coefficient (Wildman–Crippen LogP) is 2.31. The highest BCUT2D eigenvalue weighted by molar-refractivity contribution is 5.30. The van der Waals surface area contributed by atoms with Gasteiger partial charge in [0, 0.05) is 6.54 Å². The number of benzene rings is 1.